The minimum absolute atomic E-state index is 0.102. The van der Waals surface area contributed by atoms with Crippen molar-refractivity contribution < 1.29 is 4.79 Å². The van der Waals surface area contributed by atoms with Gasteiger partial charge in [0.05, 0.1) is 29.2 Å². The summed E-state index contributed by atoms with van der Waals surface area (Å²) in [6.07, 6.45) is 9.36. The number of piperazine rings is 1. The van der Waals surface area contributed by atoms with Crippen LogP contribution in [0.25, 0.3) is 10.9 Å². The van der Waals surface area contributed by atoms with Crippen molar-refractivity contribution in [2.45, 2.75) is 65.1 Å². The number of rotatable bonds is 6. The molecule has 9 heteroatoms. The van der Waals surface area contributed by atoms with E-state index in [1.807, 2.05) is 23.8 Å². The molecule has 1 aliphatic heterocycles. The summed E-state index contributed by atoms with van der Waals surface area (Å²) >= 11 is 0. The van der Waals surface area contributed by atoms with Gasteiger partial charge in [0.15, 0.2) is 5.78 Å². The molecule has 3 aromatic heterocycles. The van der Waals surface area contributed by atoms with E-state index >= 15 is 0 Å². The van der Waals surface area contributed by atoms with Gasteiger partial charge in [0.25, 0.3) is 5.56 Å². The normalized spacial score (nSPS) is 19.7. The van der Waals surface area contributed by atoms with Gasteiger partial charge in [0.2, 0.25) is 0 Å². The van der Waals surface area contributed by atoms with Crippen LogP contribution in [0.1, 0.15) is 67.2 Å². The lowest BCUT2D eigenvalue weighted by molar-refractivity contribution is 0.0990. The van der Waals surface area contributed by atoms with Gasteiger partial charge in [0.1, 0.15) is 11.6 Å². The Labute approximate surface area is 211 Å². The maximum absolute atomic E-state index is 13.4. The van der Waals surface area contributed by atoms with Crippen LogP contribution in [0.15, 0.2) is 29.5 Å². The number of nitrogens with zero attached hydrogens (tertiary/aromatic N) is 6. The molecule has 0 spiro atoms. The molecule has 1 saturated heterocycles. The molecule has 0 bridgehead atoms. The first-order valence-electron chi connectivity index (χ1n) is 12.9. The van der Waals surface area contributed by atoms with Crippen molar-refractivity contribution >= 4 is 28.3 Å². The number of carbonyl (C=O) groups is 1. The van der Waals surface area contributed by atoms with Gasteiger partial charge >= 0.3 is 0 Å². The van der Waals surface area contributed by atoms with E-state index < -0.39 is 0 Å². The molecule has 1 saturated carbocycles. The molecule has 2 aliphatic rings. The van der Waals surface area contributed by atoms with Gasteiger partial charge in [-0.15, -0.1) is 0 Å². The second-order valence-corrected chi connectivity index (χ2v) is 10.3. The number of pyridine rings is 2. The SMILES string of the molecule is CC(=O)c1c(C)c2cnc(Nc3cnc(CN4CCN(C)C(C)C4)cn3)cc2n(C2CCCC2)c1=O. The van der Waals surface area contributed by atoms with Crippen LogP contribution in [-0.4, -0.2) is 67.8 Å². The zero-order valence-electron chi connectivity index (χ0n) is 21.6. The van der Waals surface area contributed by atoms with Crippen molar-refractivity contribution in [1.29, 1.82) is 0 Å². The molecule has 3 aromatic rings. The summed E-state index contributed by atoms with van der Waals surface area (Å²) in [5.41, 5.74) is 2.51. The summed E-state index contributed by atoms with van der Waals surface area (Å²) < 4.78 is 1.82. The molecule has 0 radical (unpaired) electrons. The van der Waals surface area contributed by atoms with Crippen LogP contribution >= 0.6 is 0 Å². The van der Waals surface area contributed by atoms with Gasteiger partial charge in [-0.3, -0.25) is 19.5 Å². The van der Waals surface area contributed by atoms with E-state index in [0.717, 1.165) is 68.5 Å². The van der Waals surface area contributed by atoms with Crippen molar-refractivity contribution in [2.24, 2.45) is 0 Å². The highest BCUT2D eigenvalue weighted by Gasteiger charge is 2.25. The second-order valence-electron chi connectivity index (χ2n) is 10.3. The third-order valence-electron chi connectivity index (χ3n) is 7.79. The number of anilines is 2. The fourth-order valence-electron chi connectivity index (χ4n) is 5.59. The number of aryl methyl sites for hydroxylation is 1. The maximum atomic E-state index is 13.4. The van der Waals surface area contributed by atoms with Crippen LogP contribution < -0.4 is 10.9 Å². The van der Waals surface area contributed by atoms with Gasteiger partial charge in [-0.1, -0.05) is 12.8 Å². The number of carbonyl (C=O) groups excluding carboxylic acids is 1. The number of nitrogens with one attached hydrogen (secondary N) is 1. The van der Waals surface area contributed by atoms with Crippen LogP contribution in [0.3, 0.4) is 0 Å². The quantitative estimate of drug-likeness (QED) is 0.524. The molecule has 1 atom stereocenters. The van der Waals surface area contributed by atoms with E-state index in [4.69, 9.17) is 0 Å². The Morgan fingerprint density at radius 3 is 2.50 bits per heavy atom. The zero-order chi connectivity index (χ0) is 25.4. The number of fused-ring (bicyclic) bond motifs is 1. The predicted molar refractivity (Wildman–Crippen MR) is 141 cm³/mol. The van der Waals surface area contributed by atoms with Gasteiger partial charge in [-0.05, 0) is 46.2 Å². The molecular formula is C27H35N7O2. The third kappa shape index (κ3) is 4.77. The van der Waals surface area contributed by atoms with Gasteiger partial charge in [0, 0.05) is 55.9 Å². The van der Waals surface area contributed by atoms with Crippen LogP contribution in [-0.2, 0) is 6.54 Å². The molecule has 2 fully saturated rings. The molecule has 4 heterocycles. The van der Waals surface area contributed by atoms with Crippen LogP contribution in [0.4, 0.5) is 11.6 Å². The number of Topliss-reactive ketones (excluding diaryl/α,β-unsaturated/α-hetero) is 1. The van der Waals surface area contributed by atoms with Crippen molar-refractivity contribution in [3.8, 4) is 0 Å². The second kappa shape index (κ2) is 10.1. The Morgan fingerprint density at radius 2 is 1.83 bits per heavy atom. The molecular weight excluding hydrogens is 454 g/mol. The first-order chi connectivity index (χ1) is 17.3. The highest BCUT2D eigenvalue weighted by atomic mass is 16.1. The Kier molecular flexibility index (Phi) is 6.85. The highest BCUT2D eigenvalue weighted by Crippen LogP contribution is 2.33. The van der Waals surface area contributed by atoms with Crippen molar-refractivity contribution in [1.82, 2.24) is 29.3 Å². The lowest BCUT2D eigenvalue weighted by Crippen LogP contribution is -2.49. The number of ketones is 1. The molecule has 1 N–H and O–H groups in total. The summed E-state index contributed by atoms with van der Waals surface area (Å²) in [7, 11) is 2.17. The fraction of sp³-hybridized carbons (Fsp3) is 0.519. The highest BCUT2D eigenvalue weighted by molar-refractivity contribution is 6.00. The standard InChI is InChI=1S/C27H35N7O2/c1-17-15-33(10-9-32(17)4)16-20-12-29-25(14-28-20)31-24-11-23-22(13-30-24)18(2)26(19(3)35)27(36)34(23)21-7-5-6-8-21/h11-14,17,21H,5-10,15-16H2,1-4H3,(H,29,30,31). The Morgan fingerprint density at radius 1 is 1.08 bits per heavy atom. The summed E-state index contributed by atoms with van der Waals surface area (Å²) in [6, 6.07) is 2.53. The lowest BCUT2D eigenvalue weighted by atomic mass is 10.0. The van der Waals surface area contributed by atoms with Gasteiger partial charge in [-0.2, -0.15) is 0 Å². The lowest BCUT2D eigenvalue weighted by Gasteiger charge is -2.37. The topological polar surface area (TPSA) is 96.2 Å². The van der Waals surface area contributed by atoms with E-state index in [1.165, 1.54) is 6.92 Å². The van der Waals surface area contributed by atoms with E-state index in [2.05, 4.69) is 44.0 Å². The Bertz CT molecular complexity index is 1330. The molecule has 190 valence electrons. The summed E-state index contributed by atoms with van der Waals surface area (Å²) in [5, 5.41) is 4.08. The molecule has 36 heavy (non-hydrogen) atoms. The van der Waals surface area contributed by atoms with Crippen molar-refractivity contribution in [3.63, 3.8) is 0 Å². The number of hydrogen-bond acceptors (Lipinski definition) is 8. The smallest absolute Gasteiger partial charge is 0.262 e. The van der Waals surface area contributed by atoms with Crippen LogP contribution in [0, 0.1) is 6.92 Å². The molecule has 0 aromatic carbocycles. The molecule has 1 aliphatic carbocycles. The summed E-state index contributed by atoms with van der Waals surface area (Å²) in [4.78, 5) is 44.3. The maximum Gasteiger partial charge on any atom is 0.262 e. The van der Waals surface area contributed by atoms with Crippen molar-refractivity contribution in [3.05, 3.63) is 51.8 Å². The minimum atomic E-state index is -0.199. The average molecular weight is 490 g/mol. The molecule has 0 amide bonds. The molecule has 1 unspecified atom stereocenters. The van der Waals surface area contributed by atoms with E-state index in [-0.39, 0.29) is 22.9 Å². The number of likely N-dealkylation sites (N-methyl/N-ethyl adjacent to an activating group) is 1. The van der Waals surface area contributed by atoms with Crippen LogP contribution in [0.2, 0.25) is 0 Å². The zero-order valence-corrected chi connectivity index (χ0v) is 21.6. The van der Waals surface area contributed by atoms with Crippen LogP contribution in [0.5, 0.6) is 0 Å². The first-order valence-corrected chi connectivity index (χ1v) is 12.9. The largest absolute Gasteiger partial charge is 0.324 e. The average Bonchev–Trinajstić information content (AvgIpc) is 3.37. The number of aromatic nitrogens is 4. The van der Waals surface area contributed by atoms with Gasteiger partial charge in [-0.25, -0.2) is 9.97 Å². The number of hydrogen-bond donors (Lipinski definition) is 1. The van der Waals surface area contributed by atoms with E-state index in [1.54, 1.807) is 12.4 Å². The molecule has 9 nitrogen and oxygen atoms in total. The predicted octanol–water partition coefficient (Wildman–Crippen LogP) is 3.69. The molecule has 5 rings (SSSR count). The summed E-state index contributed by atoms with van der Waals surface area (Å²) in [6.45, 7) is 9.43. The van der Waals surface area contributed by atoms with E-state index in [0.29, 0.717) is 23.2 Å². The Balaban J connectivity index is 1.41. The fourth-order valence-corrected chi connectivity index (χ4v) is 5.59. The Hall–Kier alpha value is -3.17. The summed E-state index contributed by atoms with van der Waals surface area (Å²) in [5.74, 6) is 0.998. The monoisotopic (exact) mass is 489 g/mol. The third-order valence-corrected chi connectivity index (χ3v) is 7.79. The van der Waals surface area contributed by atoms with E-state index in [9.17, 15) is 9.59 Å². The first kappa shape index (κ1) is 24.5. The minimum Gasteiger partial charge on any atom is -0.324 e. The van der Waals surface area contributed by atoms with Crippen molar-refractivity contribution in [2.75, 3.05) is 32.0 Å². The van der Waals surface area contributed by atoms with Gasteiger partial charge < -0.3 is 14.8 Å².